The van der Waals surface area contributed by atoms with Crippen LogP contribution in [0, 0.1) is 5.95 Å². The molecule has 1 aromatic heterocycles. The Bertz CT molecular complexity index is 341. The molecule has 14 heavy (non-hydrogen) atoms. The Morgan fingerprint density at radius 2 is 1.79 bits per heavy atom. The maximum absolute atomic E-state index is 12.7. The van der Waals surface area contributed by atoms with Crippen molar-refractivity contribution in [3.05, 3.63) is 23.8 Å². The number of alkyl halides is 3. The van der Waals surface area contributed by atoms with Crippen LogP contribution in [0.15, 0.2) is 12.1 Å². The fourth-order valence-electron chi connectivity index (χ4n) is 0.796. The summed E-state index contributed by atoms with van der Waals surface area (Å²) < 4.78 is 48.5. The lowest BCUT2D eigenvalue weighted by molar-refractivity contribution is -0.141. The molecule has 0 spiro atoms. The highest BCUT2D eigenvalue weighted by atomic mass is 19.4. The van der Waals surface area contributed by atoms with Crippen LogP contribution in [0.2, 0.25) is 0 Å². The lowest BCUT2D eigenvalue weighted by Gasteiger charge is -2.07. The number of halogens is 4. The number of nitrogens with zero attached hydrogens (tertiary/aromatic N) is 1. The lowest BCUT2D eigenvalue weighted by atomic mass is 9.81. The van der Waals surface area contributed by atoms with Crippen molar-refractivity contribution < 1.29 is 27.6 Å². The summed E-state index contributed by atoms with van der Waals surface area (Å²) in [6.07, 6.45) is -4.75. The number of pyridine rings is 1. The molecule has 3 nitrogen and oxygen atoms in total. The van der Waals surface area contributed by atoms with Crippen molar-refractivity contribution in [1.82, 2.24) is 4.98 Å². The molecule has 0 saturated carbocycles. The van der Waals surface area contributed by atoms with Gasteiger partial charge in [0.25, 0.3) is 0 Å². The molecule has 0 radical (unpaired) electrons. The summed E-state index contributed by atoms with van der Waals surface area (Å²) in [6.45, 7) is 0. The van der Waals surface area contributed by atoms with Crippen LogP contribution in [0.5, 0.6) is 0 Å². The molecule has 0 aromatic carbocycles. The first kappa shape index (κ1) is 10.9. The topological polar surface area (TPSA) is 53.4 Å². The normalized spacial score (nSPS) is 11.6. The van der Waals surface area contributed by atoms with Crippen molar-refractivity contribution in [3.63, 3.8) is 0 Å². The summed E-state index contributed by atoms with van der Waals surface area (Å²) in [5.74, 6) is -1.55. The quantitative estimate of drug-likeness (QED) is 0.386. The van der Waals surface area contributed by atoms with E-state index in [0.29, 0.717) is 12.1 Å². The second-order valence-electron chi connectivity index (χ2n) is 2.45. The van der Waals surface area contributed by atoms with Crippen LogP contribution >= 0.6 is 0 Å². The van der Waals surface area contributed by atoms with E-state index in [1.165, 1.54) is 0 Å². The van der Waals surface area contributed by atoms with Gasteiger partial charge in [-0.15, -0.1) is 0 Å². The average molecular weight is 209 g/mol. The molecule has 8 heteroatoms. The van der Waals surface area contributed by atoms with Gasteiger partial charge in [0.1, 0.15) is 5.69 Å². The van der Waals surface area contributed by atoms with E-state index in [1.807, 2.05) is 0 Å². The van der Waals surface area contributed by atoms with Gasteiger partial charge in [-0.3, -0.25) is 0 Å². The van der Waals surface area contributed by atoms with Crippen molar-refractivity contribution in [2.45, 2.75) is 6.18 Å². The predicted octanol–water partition coefficient (Wildman–Crippen LogP) is -0.0807. The van der Waals surface area contributed by atoms with E-state index in [0.717, 1.165) is 0 Å². The molecule has 1 heterocycles. The van der Waals surface area contributed by atoms with Crippen LogP contribution in [0.4, 0.5) is 17.6 Å². The molecule has 0 amide bonds. The van der Waals surface area contributed by atoms with Gasteiger partial charge >= 0.3 is 13.3 Å². The summed E-state index contributed by atoms with van der Waals surface area (Å²) in [4.78, 5) is 2.55. The van der Waals surface area contributed by atoms with Gasteiger partial charge in [-0.25, -0.2) is 4.98 Å². The van der Waals surface area contributed by atoms with Crippen LogP contribution < -0.4 is 5.46 Å². The molecular weight excluding hydrogens is 205 g/mol. The molecule has 2 N–H and O–H groups in total. The third-order valence-corrected chi connectivity index (χ3v) is 1.45. The van der Waals surface area contributed by atoms with Crippen LogP contribution in [-0.2, 0) is 6.18 Å². The molecule has 0 saturated heterocycles. The third kappa shape index (κ3) is 2.21. The van der Waals surface area contributed by atoms with E-state index < -0.39 is 30.4 Å². The highest BCUT2D eigenvalue weighted by Gasteiger charge is 2.34. The first-order valence-corrected chi connectivity index (χ1v) is 3.42. The second-order valence-corrected chi connectivity index (χ2v) is 2.45. The highest BCUT2D eigenvalue weighted by molar-refractivity contribution is 6.58. The van der Waals surface area contributed by atoms with Crippen molar-refractivity contribution in [2.75, 3.05) is 0 Å². The number of hydrogen-bond acceptors (Lipinski definition) is 3. The zero-order valence-corrected chi connectivity index (χ0v) is 6.59. The van der Waals surface area contributed by atoms with Gasteiger partial charge in [-0.1, -0.05) is 6.07 Å². The van der Waals surface area contributed by atoms with Crippen LogP contribution in [-0.4, -0.2) is 22.2 Å². The molecule has 0 aliphatic carbocycles. The predicted molar refractivity (Wildman–Crippen MR) is 39.0 cm³/mol. The van der Waals surface area contributed by atoms with Crippen LogP contribution in [0.3, 0.4) is 0 Å². The molecule has 0 aliphatic rings. The fraction of sp³-hybridized carbons (Fsp3) is 0.167. The van der Waals surface area contributed by atoms with Gasteiger partial charge in [0, 0.05) is 5.46 Å². The van der Waals surface area contributed by atoms with E-state index in [1.54, 1.807) is 0 Å². The monoisotopic (exact) mass is 209 g/mol. The summed E-state index contributed by atoms with van der Waals surface area (Å²) >= 11 is 0. The van der Waals surface area contributed by atoms with E-state index in [2.05, 4.69) is 4.98 Å². The third-order valence-electron chi connectivity index (χ3n) is 1.45. The summed E-state index contributed by atoms with van der Waals surface area (Å²) in [5.41, 5.74) is -2.11. The molecule has 0 atom stereocenters. The highest BCUT2D eigenvalue weighted by Crippen LogP contribution is 2.26. The summed E-state index contributed by atoms with van der Waals surface area (Å²) in [6, 6.07) is 1.09. The smallest absolute Gasteiger partial charge is 0.423 e. The van der Waals surface area contributed by atoms with E-state index in [4.69, 9.17) is 10.0 Å². The first-order chi connectivity index (χ1) is 6.32. The van der Waals surface area contributed by atoms with Gasteiger partial charge in [0.05, 0.1) is 0 Å². The summed E-state index contributed by atoms with van der Waals surface area (Å²) in [7, 11) is -2.18. The van der Waals surface area contributed by atoms with Gasteiger partial charge in [-0.05, 0) is 6.07 Å². The minimum absolute atomic E-state index is 0.470. The number of rotatable bonds is 1. The van der Waals surface area contributed by atoms with E-state index >= 15 is 0 Å². The van der Waals surface area contributed by atoms with Crippen LogP contribution in [0.1, 0.15) is 5.69 Å². The zero-order valence-electron chi connectivity index (χ0n) is 6.59. The van der Waals surface area contributed by atoms with Crippen LogP contribution in [0.25, 0.3) is 0 Å². The Morgan fingerprint density at radius 1 is 1.21 bits per heavy atom. The maximum Gasteiger partial charge on any atom is 0.493 e. The molecular formula is C6H4BF4NO2. The number of aromatic nitrogens is 1. The van der Waals surface area contributed by atoms with Crippen molar-refractivity contribution in [3.8, 4) is 0 Å². The first-order valence-electron chi connectivity index (χ1n) is 3.42. The molecule has 1 rings (SSSR count). The van der Waals surface area contributed by atoms with E-state index in [9.17, 15) is 17.6 Å². The lowest BCUT2D eigenvalue weighted by Crippen LogP contribution is -2.34. The molecule has 76 valence electrons. The van der Waals surface area contributed by atoms with Gasteiger partial charge in [0.15, 0.2) is 0 Å². The zero-order chi connectivity index (χ0) is 10.9. The molecule has 0 bridgehead atoms. The Kier molecular flexibility index (Phi) is 2.77. The van der Waals surface area contributed by atoms with Gasteiger partial charge < -0.3 is 10.0 Å². The SMILES string of the molecule is OB(O)c1ccc(C(F)(F)F)nc1F. The molecule has 0 fully saturated rings. The Morgan fingerprint density at radius 3 is 2.14 bits per heavy atom. The summed E-state index contributed by atoms with van der Waals surface area (Å²) in [5, 5.41) is 17.0. The number of hydrogen-bond donors (Lipinski definition) is 2. The van der Waals surface area contributed by atoms with Crippen molar-refractivity contribution >= 4 is 12.6 Å². The van der Waals surface area contributed by atoms with Crippen molar-refractivity contribution in [1.29, 1.82) is 0 Å². The molecule has 0 unspecified atom stereocenters. The van der Waals surface area contributed by atoms with E-state index in [-0.39, 0.29) is 0 Å². The Hall–Kier alpha value is -1.15. The molecule has 1 aromatic rings. The fourth-order valence-corrected chi connectivity index (χ4v) is 0.796. The van der Waals surface area contributed by atoms with Gasteiger partial charge in [0.2, 0.25) is 5.95 Å². The van der Waals surface area contributed by atoms with Gasteiger partial charge in [-0.2, -0.15) is 17.6 Å². The standard InChI is InChI=1S/C6H4BF4NO2/c8-5-3(7(13)14)1-2-4(12-5)6(9,10)11/h1-2,13-14H. The Labute approximate surface area is 76.2 Å². The molecule has 0 aliphatic heterocycles. The minimum atomic E-state index is -4.75. The Balaban J connectivity index is 3.13. The average Bonchev–Trinajstić information content (AvgIpc) is 2.01. The maximum atomic E-state index is 12.7. The van der Waals surface area contributed by atoms with Crippen molar-refractivity contribution in [2.24, 2.45) is 0 Å². The second kappa shape index (κ2) is 3.54. The largest absolute Gasteiger partial charge is 0.493 e. The minimum Gasteiger partial charge on any atom is -0.423 e.